The zero-order valence-electron chi connectivity index (χ0n) is 7.35. The lowest BCUT2D eigenvalue weighted by Crippen LogP contribution is -2.11. The molecule has 0 radical (unpaired) electrons. The Balaban J connectivity index is 2.83. The molecule has 0 saturated heterocycles. The average Bonchev–Trinajstić information content (AvgIpc) is 2.48. The predicted octanol–water partition coefficient (Wildman–Crippen LogP) is 0.0955. The zero-order valence-corrected chi connectivity index (χ0v) is 7.35. The molecule has 0 unspecified atom stereocenters. The Morgan fingerprint density at radius 1 is 1.54 bits per heavy atom. The lowest BCUT2D eigenvalue weighted by atomic mass is 10.4. The first-order chi connectivity index (χ1) is 6.20. The number of aromatic amines is 1. The summed E-state index contributed by atoms with van der Waals surface area (Å²) in [6, 6.07) is 0.223. The highest BCUT2D eigenvalue weighted by Crippen LogP contribution is 2.10. The van der Waals surface area contributed by atoms with Crippen molar-refractivity contribution in [1.29, 1.82) is 0 Å². The number of H-pyrrole nitrogens is 1. The summed E-state index contributed by atoms with van der Waals surface area (Å²) < 4.78 is 1.80. The van der Waals surface area contributed by atoms with Crippen LogP contribution in [0.25, 0.3) is 11.2 Å². The van der Waals surface area contributed by atoms with Crippen LogP contribution in [0.4, 0.5) is 0 Å². The number of imidazole rings is 1. The van der Waals surface area contributed by atoms with E-state index in [1.165, 1.54) is 0 Å². The first-order valence-corrected chi connectivity index (χ1v) is 3.98. The molecule has 2 heterocycles. The van der Waals surface area contributed by atoms with Gasteiger partial charge in [0.25, 0.3) is 5.56 Å². The van der Waals surface area contributed by atoms with Crippen LogP contribution in [0.15, 0.2) is 11.1 Å². The van der Waals surface area contributed by atoms with Crippen molar-refractivity contribution in [2.24, 2.45) is 0 Å². The molecule has 0 amide bonds. The quantitative estimate of drug-likeness (QED) is 0.673. The molecule has 0 aliphatic rings. The maximum atomic E-state index is 11.2. The van der Waals surface area contributed by atoms with Gasteiger partial charge >= 0.3 is 0 Å². The van der Waals surface area contributed by atoms with E-state index in [1.807, 2.05) is 13.8 Å². The van der Waals surface area contributed by atoms with E-state index in [4.69, 9.17) is 0 Å². The van der Waals surface area contributed by atoms with Gasteiger partial charge in [0.2, 0.25) is 0 Å². The van der Waals surface area contributed by atoms with Crippen LogP contribution in [0.3, 0.4) is 0 Å². The molecule has 0 spiro atoms. The summed E-state index contributed by atoms with van der Waals surface area (Å²) in [5, 5.41) is 9.53. The Kier molecular flexibility index (Phi) is 1.61. The van der Waals surface area contributed by atoms with E-state index in [-0.39, 0.29) is 11.6 Å². The Hall–Kier alpha value is -1.72. The molecule has 0 aromatic carbocycles. The fourth-order valence-corrected chi connectivity index (χ4v) is 1.16. The van der Waals surface area contributed by atoms with Crippen molar-refractivity contribution in [1.82, 2.24) is 25.0 Å². The Morgan fingerprint density at radius 2 is 2.31 bits per heavy atom. The maximum absolute atomic E-state index is 11.2. The van der Waals surface area contributed by atoms with Gasteiger partial charge in [-0.15, -0.1) is 5.10 Å². The van der Waals surface area contributed by atoms with Crippen molar-refractivity contribution in [2.75, 3.05) is 0 Å². The van der Waals surface area contributed by atoms with E-state index in [1.54, 1.807) is 10.9 Å². The van der Waals surface area contributed by atoms with Gasteiger partial charge in [-0.3, -0.25) is 4.79 Å². The molecule has 2 rings (SSSR count). The Bertz CT molecular complexity index is 483. The van der Waals surface area contributed by atoms with Crippen molar-refractivity contribution < 1.29 is 0 Å². The highest BCUT2D eigenvalue weighted by molar-refractivity contribution is 5.68. The molecular weight excluding hydrogens is 170 g/mol. The summed E-state index contributed by atoms with van der Waals surface area (Å²) in [6.45, 7) is 3.98. The van der Waals surface area contributed by atoms with E-state index in [9.17, 15) is 4.79 Å². The molecule has 0 fully saturated rings. The number of nitrogens with one attached hydrogen (secondary N) is 1. The molecule has 0 bridgehead atoms. The van der Waals surface area contributed by atoms with Gasteiger partial charge in [-0.2, -0.15) is 0 Å². The summed E-state index contributed by atoms with van der Waals surface area (Å²) in [4.78, 5) is 15.1. The SMILES string of the molecule is CC(C)n1cnc2c(=O)[nH]nnc21. The molecular formula is C7H9N5O. The number of rotatable bonds is 1. The van der Waals surface area contributed by atoms with Crippen molar-refractivity contribution in [3.63, 3.8) is 0 Å². The topological polar surface area (TPSA) is 76.5 Å². The third-order valence-corrected chi connectivity index (χ3v) is 1.84. The fourth-order valence-electron chi connectivity index (χ4n) is 1.16. The van der Waals surface area contributed by atoms with Crippen LogP contribution < -0.4 is 5.56 Å². The van der Waals surface area contributed by atoms with Gasteiger partial charge in [-0.25, -0.2) is 10.1 Å². The van der Waals surface area contributed by atoms with Crippen molar-refractivity contribution in [3.05, 3.63) is 16.7 Å². The molecule has 0 aliphatic carbocycles. The normalized spacial score (nSPS) is 11.3. The average molecular weight is 179 g/mol. The molecule has 0 atom stereocenters. The van der Waals surface area contributed by atoms with Crippen LogP contribution in [-0.2, 0) is 0 Å². The number of aromatic nitrogens is 5. The van der Waals surface area contributed by atoms with E-state index < -0.39 is 0 Å². The fraction of sp³-hybridized carbons (Fsp3) is 0.429. The second kappa shape index (κ2) is 2.65. The summed E-state index contributed by atoms with van der Waals surface area (Å²) in [7, 11) is 0. The minimum Gasteiger partial charge on any atom is -0.311 e. The van der Waals surface area contributed by atoms with Crippen LogP contribution >= 0.6 is 0 Å². The summed E-state index contributed by atoms with van der Waals surface area (Å²) in [5.74, 6) is 0. The second-order valence-electron chi connectivity index (χ2n) is 3.06. The number of fused-ring (bicyclic) bond motifs is 1. The van der Waals surface area contributed by atoms with Gasteiger partial charge < -0.3 is 4.57 Å². The van der Waals surface area contributed by atoms with Crippen LogP contribution in [-0.4, -0.2) is 25.0 Å². The Labute approximate surface area is 73.6 Å². The van der Waals surface area contributed by atoms with Gasteiger partial charge in [-0.05, 0) is 13.8 Å². The number of hydrogen-bond acceptors (Lipinski definition) is 4. The van der Waals surface area contributed by atoms with Crippen LogP contribution in [0.2, 0.25) is 0 Å². The van der Waals surface area contributed by atoms with Gasteiger partial charge in [0.1, 0.15) is 0 Å². The van der Waals surface area contributed by atoms with Crippen molar-refractivity contribution in [2.45, 2.75) is 19.9 Å². The molecule has 13 heavy (non-hydrogen) atoms. The van der Waals surface area contributed by atoms with Gasteiger partial charge in [0.05, 0.1) is 6.33 Å². The monoisotopic (exact) mass is 179 g/mol. The predicted molar refractivity (Wildman–Crippen MR) is 46.3 cm³/mol. The van der Waals surface area contributed by atoms with Gasteiger partial charge in [0.15, 0.2) is 11.2 Å². The van der Waals surface area contributed by atoms with Crippen LogP contribution in [0.5, 0.6) is 0 Å². The standard InChI is InChI=1S/C7H9N5O/c1-4(2)12-3-8-5-6(12)9-11-10-7(5)13/h3-4H,1-2H3,(H,9,10,13). The van der Waals surface area contributed by atoms with Gasteiger partial charge in [0, 0.05) is 6.04 Å². The summed E-state index contributed by atoms with van der Waals surface area (Å²) >= 11 is 0. The smallest absolute Gasteiger partial charge is 0.295 e. The second-order valence-corrected chi connectivity index (χ2v) is 3.06. The highest BCUT2D eigenvalue weighted by Gasteiger charge is 2.09. The van der Waals surface area contributed by atoms with Crippen LogP contribution in [0.1, 0.15) is 19.9 Å². The van der Waals surface area contributed by atoms with Crippen molar-refractivity contribution in [3.8, 4) is 0 Å². The van der Waals surface area contributed by atoms with Crippen molar-refractivity contribution >= 4 is 11.2 Å². The van der Waals surface area contributed by atoms with Gasteiger partial charge in [-0.1, -0.05) is 5.21 Å². The first kappa shape index (κ1) is 7.90. The lowest BCUT2D eigenvalue weighted by Gasteiger charge is -2.04. The summed E-state index contributed by atoms with van der Waals surface area (Å²) in [6.07, 6.45) is 1.60. The largest absolute Gasteiger partial charge is 0.311 e. The molecule has 2 aromatic heterocycles. The molecule has 2 aromatic rings. The zero-order chi connectivity index (χ0) is 9.42. The minimum absolute atomic E-state index is 0.223. The highest BCUT2D eigenvalue weighted by atomic mass is 16.1. The molecule has 6 heteroatoms. The maximum Gasteiger partial charge on any atom is 0.295 e. The molecule has 68 valence electrons. The summed E-state index contributed by atoms with van der Waals surface area (Å²) in [5.41, 5.74) is 0.562. The third kappa shape index (κ3) is 1.10. The lowest BCUT2D eigenvalue weighted by molar-refractivity contribution is 0.608. The molecule has 0 aliphatic heterocycles. The minimum atomic E-state index is -0.301. The third-order valence-electron chi connectivity index (χ3n) is 1.84. The molecule has 6 nitrogen and oxygen atoms in total. The number of nitrogens with zero attached hydrogens (tertiary/aromatic N) is 4. The van der Waals surface area contributed by atoms with E-state index in [0.29, 0.717) is 11.2 Å². The molecule has 1 N–H and O–H groups in total. The Morgan fingerprint density at radius 3 is 3.00 bits per heavy atom. The molecule has 0 saturated carbocycles. The van der Waals surface area contributed by atoms with E-state index in [2.05, 4.69) is 20.4 Å². The van der Waals surface area contributed by atoms with E-state index in [0.717, 1.165) is 0 Å². The van der Waals surface area contributed by atoms with E-state index >= 15 is 0 Å². The number of hydrogen-bond donors (Lipinski definition) is 1. The van der Waals surface area contributed by atoms with Crippen LogP contribution in [0, 0.1) is 0 Å². The first-order valence-electron chi connectivity index (χ1n) is 3.98.